The zero-order valence-corrected chi connectivity index (χ0v) is 16.3. The van der Waals surface area contributed by atoms with E-state index in [-0.39, 0.29) is 22.3 Å². The van der Waals surface area contributed by atoms with Gasteiger partial charge >= 0.3 is 0 Å². The number of aromatic amines is 1. The Labute approximate surface area is 170 Å². The van der Waals surface area contributed by atoms with Gasteiger partial charge in [-0.2, -0.15) is 0 Å². The Hall–Kier alpha value is -2.94. The van der Waals surface area contributed by atoms with Crippen molar-refractivity contribution in [2.45, 2.75) is 31.2 Å². The largest absolute Gasteiger partial charge is 0.354 e. The zero-order chi connectivity index (χ0) is 20.8. The molecule has 0 saturated heterocycles. The van der Waals surface area contributed by atoms with Gasteiger partial charge in [-0.05, 0) is 43.9 Å². The van der Waals surface area contributed by atoms with Gasteiger partial charge in [0.05, 0.1) is 28.0 Å². The van der Waals surface area contributed by atoms with Crippen LogP contribution in [0.15, 0.2) is 24.5 Å². The molecule has 10 heteroatoms. The molecule has 0 aliphatic heterocycles. The molecule has 0 bridgehead atoms. The lowest BCUT2D eigenvalue weighted by atomic mass is 9.42. The van der Waals surface area contributed by atoms with Gasteiger partial charge < -0.3 is 20.9 Å². The number of nitrogens with one attached hydrogen (secondary N) is 4. The van der Waals surface area contributed by atoms with Gasteiger partial charge in [0.2, 0.25) is 5.91 Å². The first-order valence-electron chi connectivity index (χ1n) is 9.16. The summed E-state index contributed by atoms with van der Waals surface area (Å²) in [4.78, 5) is 44.3. The fourth-order valence-electron chi connectivity index (χ4n) is 4.27. The third-order valence-corrected chi connectivity index (χ3v) is 6.46. The molecule has 0 atom stereocenters. The van der Waals surface area contributed by atoms with Gasteiger partial charge in [-0.3, -0.25) is 14.4 Å². The van der Waals surface area contributed by atoms with Crippen molar-refractivity contribution in [1.82, 2.24) is 20.6 Å². The highest BCUT2D eigenvalue weighted by atomic mass is 35.5. The first-order chi connectivity index (χ1) is 13.8. The van der Waals surface area contributed by atoms with E-state index in [1.54, 1.807) is 0 Å². The molecule has 2 aromatic rings. The number of carbonyl (C=O) groups is 3. The number of H-pyrrole nitrogens is 1. The van der Waals surface area contributed by atoms with E-state index >= 15 is 0 Å². The SMILES string of the molecule is CNC(=O)c1[nH]cnc1C(=O)NC12CCC1(C(=O)Nc1ccc(F)cc1Cl)CC2. The van der Waals surface area contributed by atoms with Crippen LogP contribution in [0.2, 0.25) is 5.02 Å². The van der Waals surface area contributed by atoms with E-state index in [9.17, 15) is 18.8 Å². The fraction of sp³-hybridized carbons (Fsp3) is 0.368. The molecule has 1 aromatic carbocycles. The van der Waals surface area contributed by atoms with Gasteiger partial charge in [0.25, 0.3) is 11.8 Å². The van der Waals surface area contributed by atoms with Crippen molar-refractivity contribution in [3.8, 4) is 0 Å². The number of hydrogen-bond donors (Lipinski definition) is 4. The number of amides is 3. The predicted molar refractivity (Wildman–Crippen MR) is 103 cm³/mol. The summed E-state index contributed by atoms with van der Waals surface area (Å²) < 4.78 is 13.2. The minimum absolute atomic E-state index is 0.0200. The zero-order valence-electron chi connectivity index (χ0n) is 15.6. The lowest BCUT2D eigenvalue weighted by Crippen LogP contribution is -2.77. The second-order valence-electron chi connectivity index (χ2n) is 7.40. The van der Waals surface area contributed by atoms with Gasteiger partial charge in [-0.25, -0.2) is 9.37 Å². The molecule has 8 nitrogen and oxygen atoms in total. The molecule has 0 unspecified atom stereocenters. The van der Waals surface area contributed by atoms with E-state index < -0.39 is 28.6 Å². The second kappa shape index (κ2) is 6.84. The van der Waals surface area contributed by atoms with Gasteiger partial charge in [0.15, 0.2) is 5.69 Å². The Morgan fingerprint density at radius 2 is 1.90 bits per heavy atom. The quantitative estimate of drug-likeness (QED) is 0.594. The molecule has 3 amide bonds. The molecule has 29 heavy (non-hydrogen) atoms. The van der Waals surface area contributed by atoms with Gasteiger partial charge in [-0.15, -0.1) is 0 Å². The summed E-state index contributed by atoms with van der Waals surface area (Å²) in [6, 6.07) is 3.75. The smallest absolute Gasteiger partial charge is 0.272 e. The Bertz CT molecular complexity index is 1010. The maximum Gasteiger partial charge on any atom is 0.272 e. The van der Waals surface area contributed by atoms with Crippen LogP contribution in [0.3, 0.4) is 0 Å². The van der Waals surface area contributed by atoms with Crippen molar-refractivity contribution in [2.24, 2.45) is 5.41 Å². The van der Waals surface area contributed by atoms with Crippen LogP contribution >= 0.6 is 11.6 Å². The Morgan fingerprint density at radius 1 is 1.17 bits per heavy atom. The molecule has 4 N–H and O–H groups in total. The van der Waals surface area contributed by atoms with Crippen molar-refractivity contribution >= 4 is 35.0 Å². The molecule has 1 aromatic heterocycles. The number of anilines is 1. The number of carbonyl (C=O) groups excluding carboxylic acids is 3. The third kappa shape index (κ3) is 2.88. The fourth-order valence-corrected chi connectivity index (χ4v) is 4.48. The third-order valence-electron chi connectivity index (χ3n) is 6.15. The Balaban J connectivity index is 1.52. The van der Waals surface area contributed by atoms with Crippen molar-refractivity contribution in [3.63, 3.8) is 0 Å². The van der Waals surface area contributed by atoms with Crippen molar-refractivity contribution < 1.29 is 18.8 Å². The molecule has 2 aliphatic rings. The standard InChI is InChI=1S/C19H19ClFN5O3/c1-22-15(27)13-14(24-9-23-13)16(28)26-19-6-4-18(19,5-7-19)17(29)25-12-3-2-10(21)8-11(12)20/h2-3,8-9H,4-7H2,1H3,(H,22,27)(H,23,24)(H,25,29)(H,26,28). The topological polar surface area (TPSA) is 116 Å². The van der Waals surface area contributed by atoms with E-state index in [1.165, 1.54) is 25.5 Å². The van der Waals surface area contributed by atoms with Gasteiger partial charge in [0.1, 0.15) is 11.5 Å². The number of hydrogen-bond acceptors (Lipinski definition) is 4. The number of aromatic nitrogens is 2. The maximum atomic E-state index is 13.2. The van der Waals surface area contributed by atoms with E-state index in [2.05, 4.69) is 25.9 Å². The monoisotopic (exact) mass is 419 g/mol. The summed E-state index contributed by atoms with van der Waals surface area (Å²) in [5.41, 5.74) is -1.09. The summed E-state index contributed by atoms with van der Waals surface area (Å²) in [5.74, 6) is -1.73. The van der Waals surface area contributed by atoms with Crippen molar-refractivity contribution in [1.29, 1.82) is 0 Å². The van der Waals surface area contributed by atoms with E-state index in [1.807, 2.05) is 0 Å². The van der Waals surface area contributed by atoms with Crippen molar-refractivity contribution in [3.05, 3.63) is 46.8 Å². The van der Waals surface area contributed by atoms with Gasteiger partial charge in [-0.1, -0.05) is 11.6 Å². The van der Waals surface area contributed by atoms with Crippen LogP contribution in [-0.4, -0.2) is 40.3 Å². The average molecular weight is 420 g/mol. The highest BCUT2D eigenvalue weighted by molar-refractivity contribution is 6.33. The predicted octanol–water partition coefficient (Wildman–Crippen LogP) is 2.24. The lowest BCUT2D eigenvalue weighted by Gasteiger charge is -2.66. The molecule has 0 radical (unpaired) electrons. The molecular formula is C19H19ClFN5O3. The Morgan fingerprint density at radius 3 is 2.48 bits per heavy atom. The molecule has 4 rings (SSSR count). The van der Waals surface area contributed by atoms with Gasteiger partial charge in [0, 0.05) is 7.05 Å². The lowest BCUT2D eigenvalue weighted by molar-refractivity contribution is -0.161. The number of nitrogens with zero attached hydrogens (tertiary/aromatic N) is 1. The summed E-state index contributed by atoms with van der Waals surface area (Å²) in [6.45, 7) is 0. The number of benzene rings is 1. The Kier molecular flexibility index (Phi) is 4.57. The van der Waals surface area contributed by atoms with Crippen LogP contribution in [0.4, 0.5) is 10.1 Å². The molecular weight excluding hydrogens is 401 g/mol. The second-order valence-corrected chi connectivity index (χ2v) is 7.81. The van der Waals surface area contributed by atoms with E-state index in [4.69, 9.17) is 11.6 Å². The van der Waals surface area contributed by atoms with Crippen molar-refractivity contribution in [2.75, 3.05) is 12.4 Å². The van der Waals surface area contributed by atoms with Crippen LogP contribution in [0, 0.1) is 11.2 Å². The highest BCUT2D eigenvalue weighted by Crippen LogP contribution is 2.64. The molecule has 1 heterocycles. The number of rotatable bonds is 5. The first kappa shape index (κ1) is 19.4. The summed E-state index contributed by atoms with van der Waals surface area (Å²) in [5, 5.41) is 8.24. The normalized spacial score (nSPS) is 24.5. The molecule has 0 spiro atoms. The van der Waals surface area contributed by atoms with E-state index in [0.717, 1.165) is 6.07 Å². The molecule has 152 valence electrons. The van der Waals surface area contributed by atoms with Crippen LogP contribution in [-0.2, 0) is 4.79 Å². The summed E-state index contributed by atoms with van der Waals surface area (Å²) >= 11 is 6.01. The highest BCUT2D eigenvalue weighted by Gasteiger charge is 2.70. The average Bonchev–Trinajstić information content (AvgIpc) is 3.18. The number of imidazole rings is 1. The summed E-state index contributed by atoms with van der Waals surface area (Å²) in [6.07, 6.45) is 3.78. The minimum Gasteiger partial charge on any atom is -0.354 e. The molecule has 2 saturated carbocycles. The van der Waals surface area contributed by atoms with Crippen LogP contribution in [0.25, 0.3) is 0 Å². The van der Waals surface area contributed by atoms with Crippen LogP contribution in [0.5, 0.6) is 0 Å². The maximum absolute atomic E-state index is 13.2. The molecule has 2 aliphatic carbocycles. The molecule has 2 fully saturated rings. The number of fused-ring (bicyclic) bond motifs is 1. The minimum atomic E-state index is -0.760. The first-order valence-corrected chi connectivity index (χ1v) is 9.54. The number of halogens is 2. The van der Waals surface area contributed by atoms with Crippen LogP contribution < -0.4 is 16.0 Å². The summed E-state index contributed by atoms with van der Waals surface area (Å²) in [7, 11) is 1.46. The van der Waals surface area contributed by atoms with E-state index in [0.29, 0.717) is 31.4 Å². The van der Waals surface area contributed by atoms with Crippen LogP contribution in [0.1, 0.15) is 46.7 Å².